The van der Waals surface area contributed by atoms with Crippen molar-refractivity contribution in [3.8, 4) is 0 Å². The molecule has 1 amide bonds. The third kappa shape index (κ3) is 7.02. The van der Waals surface area contributed by atoms with Gasteiger partial charge in [-0.05, 0) is 40.5 Å². The maximum Gasteiger partial charge on any atom is 0.410 e. The van der Waals surface area contributed by atoms with E-state index in [0.29, 0.717) is 19.5 Å². The van der Waals surface area contributed by atoms with Crippen molar-refractivity contribution >= 4 is 6.09 Å². The molecule has 0 bridgehead atoms. The molecule has 0 saturated carbocycles. The minimum absolute atomic E-state index is 0.0398. The number of rotatable bonds is 4. The SMILES string of the molecule is CC(C)(C)OC(=O)N1CCC(C)(OCCCC(F)(F)F)C1. The first-order valence-electron chi connectivity index (χ1n) is 7.09. The van der Waals surface area contributed by atoms with Gasteiger partial charge in [0.25, 0.3) is 0 Å². The molecule has 0 aromatic heterocycles. The fourth-order valence-corrected chi connectivity index (χ4v) is 2.12. The molecule has 1 unspecified atom stereocenters. The highest BCUT2D eigenvalue weighted by atomic mass is 19.4. The molecule has 7 heteroatoms. The van der Waals surface area contributed by atoms with Gasteiger partial charge < -0.3 is 14.4 Å². The number of ether oxygens (including phenoxy) is 2. The maximum atomic E-state index is 12.1. The van der Waals surface area contributed by atoms with E-state index in [9.17, 15) is 18.0 Å². The Hall–Kier alpha value is -0.980. The van der Waals surface area contributed by atoms with Crippen LogP contribution in [-0.4, -0.2) is 48.1 Å². The Balaban J connectivity index is 2.36. The van der Waals surface area contributed by atoms with E-state index >= 15 is 0 Å². The Morgan fingerprint density at radius 2 is 1.90 bits per heavy atom. The molecule has 1 saturated heterocycles. The molecule has 1 aliphatic heterocycles. The van der Waals surface area contributed by atoms with Crippen LogP contribution in [0, 0.1) is 0 Å². The summed E-state index contributed by atoms with van der Waals surface area (Å²) in [5.41, 5.74) is -1.16. The molecule has 4 nitrogen and oxygen atoms in total. The summed E-state index contributed by atoms with van der Waals surface area (Å²) in [7, 11) is 0. The molecule has 0 aromatic rings. The molecule has 1 heterocycles. The van der Waals surface area contributed by atoms with Gasteiger partial charge in [0, 0.05) is 19.6 Å². The zero-order valence-electron chi connectivity index (χ0n) is 13.0. The number of amides is 1. The van der Waals surface area contributed by atoms with E-state index in [1.165, 1.54) is 4.90 Å². The zero-order valence-corrected chi connectivity index (χ0v) is 13.0. The second kappa shape index (κ2) is 6.42. The van der Waals surface area contributed by atoms with Crippen LogP contribution >= 0.6 is 0 Å². The average molecular weight is 311 g/mol. The predicted octanol–water partition coefficient (Wildman–Crippen LogP) is 3.75. The summed E-state index contributed by atoms with van der Waals surface area (Å²) in [4.78, 5) is 13.4. The largest absolute Gasteiger partial charge is 0.444 e. The molecule has 0 spiro atoms. The number of hydrogen-bond acceptors (Lipinski definition) is 3. The first-order chi connectivity index (χ1) is 9.40. The van der Waals surface area contributed by atoms with Crippen LogP contribution < -0.4 is 0 Å². The van der Waals surface area contributed by atoms with Gasteiger partial charge in [-0.15, -0.1) is 0 Å². The van der Waals surface area contributed by atoms with Gasteiger partial charge >= 0.3 is 12.3 Å². The Morgan fingerprint density at radius 3 is 2.43 bits per heavy atom. The molecular weight excluding hydrogens is 287 g/mol. The summed E-state index contributed by atoms with van der Waals surface area (Å²) in [5.74, 6) is 0. The van der Waals surface area contributed by atoms with E-state index in [1.807, 2.05) is 6.92 Å². The van der Waals surface area contributed by atoms with Crippen molar-refractivity contribution < 1.29 is 27.4 Å². The lowest BCUT2D eigenvalue weighted by Gasteiger charge is -2.27. The normalized spacial score (nSPS) is 23.5. The molecular formula is C14H24F3NO3. The summed E-state index contributed by atoms with van der Waals surface area (Å²) >= 11 is 0. The van der Waals surface area contributed by atoms with Crippen LogP contribution in [0.2, 0.25) is 0 Å². The van der Waals surface area contributed by atoms with Gasteiger partial charge in [0.15, 0.2) is 0 Å². The smallest absolute Gasteiger partial charge is 0.410 e. The number of carbonyl (C=O) groups excluding carboxylic acids is 1. The fourth-order valence-electron chi connectivity index (χ4n) is 2.12. The lowest BCUT2D eigenvalue weighted by molar-refractivity contribution is -0.141. The van der Waals surface area contributed by atoms with Gasteiger partial charge in [-0.1, -0.05) is 0 Å². The number of hydrogen-bond donors (Lipinski definition) is 0. The summed E-state index contributed by atoms with van der Waals surface area (Å²) in [6.45, 7) is 8.04. The van der Waals surface area contributed by atoms with Gasteiger partial charge in [0.2, 0.25) is 0 Å². The van der Waals surface area contributed by atoms with Crippen LogP contribution in [0.1, 0.15) is 47.0 Å². The van der Waals surface area contributed by atoms with E-state index in [0.717, 1.165) is 0 Å². The third-order valence-corrected chi connectivity index (χ3v) is 3.14. The molecule has 124 valence electrons. The Kier molecular flexibility index (Phi) is 5.52. The number of likely N-dealkylation sites (tertiary alicyclic amines) is 1. The third-order valence-electron chi connectivity index (χ3n) is 3.14. The van der Waals surface area contributed by atoms with Gasteiger partial charge in [0.1, 0.15) is 5.60 Å². The van der Waals surface area contributed by atoms with Crippen LogP contribution in [0.25, 0.3) is 0 Å². The summed E-state index contributed by atoms with van der Waals surface area (Å²) in [6.07, 6.45) is -4.88. The number of halogens is 3. The average Bonchev–Trinajstić information content (AvgIpc) is 2.65. The van der Waals surface area contributed by atoms with Gasteiger partial charge in [-0.3, -0.25) is 0 Å². The van der Waals surface area contributed by atoms with Crippen molar-refractivity contribution in [1.82, 2.24) is 4.90 Å². The van der Waals surface area contributed by atoms with Crippen molar-refractivity contribution in [3.63, 3.8) is 0 Å². The highest BCUT2D eigenvalue weighted by Crippen LogP contribution is 2.28. The Labute approximate surface area is 123 Å². The second-order valence-electron chi connectivity index (χ2n) is 6.67. The molecule has 1 atom stereocenters. The molecule has 1 aliphatic rings. The topological polar surface area (TPSA) is 38.8 Å². The van der Waals surface area contributed by atoms with Crippen LogP contribution in [-0.2, 0) is 9.47 Å². The van der Waals surface area contributed by atoms with Gasteiger partial charge in [0.05, 0.1) is 12.1 Å². The summed E-state index contributed by atoms with van der Waals surface area (Å²) in [5, 5.41) is 0. The van der Waals surface area contributed by atoms with E-state index in [4.69, 9.17) is 9.47 Å². The van der Waals surface area contributed by atoms with Crippen LogP contribution in [0.5, 0.6) is 0 Å². The molecule has 1 fully saturated rings. The fraction of sp³-hybridized carbons (Fsp3) is 0.929. The summed E-state index contributed by atoms with van der Waals surface area (Å²) in [6, 6.07) is 0. The van der Waals surface area contributed by atoms with Crippen LogP contribution in [0.3, 0.4) is 0 Å². The predicted molar refractivity (Wildman–Crippen MR) is 72.1 cm³/mol. The van der Waals surface area contributed by atoms with Crippen molar-refractivity contribution in [3.05, 3.63) is 0 Å². The van der Waals surface area contributed by atoms with E-state index in [-0.39, 0.29) is 13.0 Å². The van der Waals surface area contributed by atoms with Crippen LogP contribution in [0.15, 0.2) is 0 Å². The Bertz CT molecular complexity index is 365. The van der Waals surface area contributed by atoms with Gasteiger partial charge in [-0.25, -0.2) is 4.79 Å². The first kappa shape index (κ1) is 18.1. The zero-order chi connectivity index (χ0) is 16.3. The van der Waals surface area contributed by atoms with Crippen molar-refractivity contribution in [1.29, 1.82) is 0 Å². The lowest BCUT2D eigenvalue weighted by Crippen LogP contribution is -2.39. The molecule has 0 aromatic carbocycles. The summed E-state index contributed by atoms with van der Waals surface area (Å²) < 4.78 is 47.0. The standard InChI is InChI=1S/C14H24F3NO3/c1-12(2,3)21-11(19)18-8-7-13(4,10-18)20-9-5-6-14(15,16)17/h5-10H2,1-4H3. The van der Waals surface area contributed by atoms with E-state index in [1.54, 1.807) is 20.8 Å². The highest BCUT2D eigenvalue weighted by molar-refractivity contribution is 5.68. The van der Waals surface area contributed by atoms with Crippen molar-refractivity contribution in [2.75, 3.05) is 19.7 Å². The molecule has 21 heavy (non-hydrogen) atoms. The highest BCUT2D eigenvalue weighted by Gasteiger charge is 2.38. The van der Waals surface area contributed by atoms with Crippen molar-refractivity contribution in [2.45, 2.75) is 64.3 Å². The monoisotopic (exact) mass is 311 g/mol. The number of alkyl halides is 3. The minimum atomic E-state index is -4.15. The van der Waals surface area contributed by atoms with E-state index in [2.05, 4.69) is 0 Å². The number of carbonyl (C=O) groups is 1. The van der Waals surface area contributed by atoms with Crippen molar-refractivity contribution in [2.24, 2.45) is 0 Å². The minimum Gasteiger partial charge on any atom is -0.444 e. The van der Waals surface area contributed by atoms with Crippen LogP contribution in [0.4, 0.5) is 18.0 Å². The Morgan fingerprint density at radius 1 is 1.29 bits per heavy atom. The maximum absolute atomic E-state index is 12.1. The second-order valence-corrected chi connectivity index (χ2v) is 6.67. The van der Waals surface area contributed by atoms with Gasteiger partial charge in [-0.2, -0.15) is 13.2 Å². The molecule has 0 N–H and O–H groups in total. The molecule has 0 aliphatic carbocycles. The lowest BCUT2D eigenvalue weighted by atomic mass is 10.1. The molecule has 1 rings (SSSR count). The first-order valence-corrected chi connectivity index (χ1v) is 7.09. The quantitative estimate of drug-likeness (QED) is 0.742. The molecule has 0 radical (unpaired) electrons. The van der Waals surface area contributed by atoms with E-state index < -0.39 is 29.9 Å². The number of nitrogens with zero attached hydrogens (tertiary/aromatic N) is 1.